The number of hydrogen-bond acceptors (Lipinski definition) is 5. The molecule has 0 heterocycles. The predicted octanol–water partition coefficient (Wildman–Crippen LogP) is -0.295. The van der Waals surface area contributed by atoms with Gasteiger partial charge in [-0.1, -0.05) is 20.3 Å². The SMILES string of the molecule is CC[C@H](C)[C@H](N)C(=O)OCC[C@H](N)C(=O)O. The molecule has 0 aromatic rings. The highest BCUT2D eigenvalue weighted by atomic mass is 16.5. The standard InChI is InChI=1S/C10H20N2O4/c1-3-6(2)8(12)10(15)16-5-4-7(11)9(13)14/h6-8H,3-5,11-12H2,1-2H3,(H,13,14)/t6-,7-,8-/m0/s1. The summed E-state index contributed by atoms with van der Waals surface area (Å²) in [6, 6.07) is -1.67. The van der Waals surface area contributed by atoms with Gasteiger partial charge >= 0.3 is 11.9 Å². The van der Waals surface area contributed by atoms with Gasteiger partial charge in [0.25, 0.3) is 0 Å². The van der Waals surface area contributed by atoms with Crippen LogP contribution in [0.25, 0.3) is 0 Å². The Morgan fingerprint density at radius 2 is 1.94 bits per heavy atom. The zero-order chi connectivity index (χ0) is 12.7. The predicted molar refractivity (Wildman–Crippen MR) is 58.6 cm³/mol. The van der Waals surface area contributed by atoms with Crippen LogP contribution in [0.2, 0.25) is 0 Å². The lowest BCUT2D eigenvalue weighted by Crippen LogP contribution is -2.39. The van der Waals surface area contributed by atoms with Crippen molar-refractivity contribution in [2.75, 3.05) is 6.61 Å². The van der Waals surface area contributed by atoms with Gasteiger partial charge in [-0.3, -0.25) is 9.59 Å². The molecule has 0 spiro atoms. The molecule has 0 aliphatic carbocycles. The molecule has 6 heteroatoms. The normalized spacial score (nSPS) is 16.2. The van der Waals surface area contributed by atoms with Crippen molar-refractivity contribution in [2.45, 2.75) is 38.8 Å². The summed E-state index contributed by atoms with van der Waals surface area (Å²) in [5.74, 6) is -1.57. The van der Waals surface area contributed by atoms with Crippen LogP contribution in [0.5, 0.6) is 0 Å². The Morgan fingerprint density at radius 3 is 2.38 bits per heavy atom. The van der Waals surface area contributed by atoms with Gasteiger partial charge in [0.05, 0.1) is 6.61 Å². The second-order valence-corrected chi connectivity index (χ2v) is 3.81. The van der Waals surface area contributed by atoms with E-state index in [1.165, 1.54) is 0 Å². The average Bonchev–Trinajstić information content (AvgIpc) is 2.26. The molecular weight excluding hydrogens is 212 g/mol. The van der Waals surface area contributed by atoms with Gasteiger partial charge < -0.3 is 21.3 Å². The second-order valence-electron chi connectivity index (χ2n) is 3.81. The highest BCUT2D eigenvalue weighted by molar-refractivity contribution is 5.76. The summed E-state index contributed by atoms with van der Waals surface area (Å²) < 4.78 is 4.84. The minimum atomic E-state index is -1.11. The van der Waals surface area contributed by atoms with Crippen molar-refractivity contribution >= 4 is 11.9 Å². The van der Waals surface area contributed by atoms with Gasteiger partial charge in [-0.2, -0.15) is 0 Å². The van der Waals surface area contributed by atoms with Gasteiger partial charge in [-0.25, -0.2) is 0 Å². The van der Waals surface area contributed by atoms with E-state index >= 15 is 0 Å². The third kappa shape index (κ3) is 5.09. The van der Waals surface area contributed by atoms with Crippen molar-refractivity contribution in [2.24, 2.45) is 17.4 Å². The summed E-state index contributed by atoms with van der Waals surface area (Å²) in [5.41, 5.74) is 10.9. The van der Waals surface area contributed by atoms with E-state index in [-0.39, 0.29) is 18.9 Å². The first-order valence-electron chi connectivity index (χ1n) is 5.30. The molecule has 0 rings (SSSR count). The number of nitrogens with two attached hydrogens (primary N) is 2. The van der Waals surface area contributed by atoms with Crippen molar-refractivity contribution in [3.05, 3.63) is 0 Å². The highest BCUT2D eigenvalue weighted by Gasteiger charge is 2.21. The van der Waals surface area contributed by atoms with Crippen LogP contribution in [0.1, 0.15) is 26.7 Å². The van der Waals surface area contributed by atoms with Gasteiger partial charge in [-0.15, -0.1) is 0 Å². The molecule has 0 unspecified atom stereocenters. The Morgan fingerprint density at radius 1 is 1.38 bits per heavy atom. The fourth-order valence-electron chi connectivity index (χ4n) is 0.992. The third-order valence-corrected chi connectivity index (χ3v) is 2.52. The maximum Gasteiger partial charge on any atom is 0.323 e. The maximum atomic E-state index is 11.4. The third-order valence-electron chi connectivity index (χ3n) is 2.52. The Bertz CT molecular complexity index is 245. The lowest BCUT2D eigenvalue weighted by Gasteiger charge is -2.17. The van der Waals surface area contributed by atoms with E-state index in [0.717, 1.165) is 6.42 Å². The monoisotopic (exact) mass is 232 g/mol. The van der Waals surface area contributed by atoms with Gasteiger partial charge in [-0.05, 0) is 5.92 Å². The van der Waals surface area contributed by atoms with Gasteiger partial charge in [0.2, 0.25) is 0 Å². The zero-order valence-corrected chi connectivity index (χ0v) is 9.68. The average molecular weight is 232 g/mol. The molecule has 16 heavy (non-hydrogen) atoms. The fourth-order valence-corrected chi connectivity index (χ4v) is 0.992. The van der Waals surface area contributed by atoms with E-state index in [4.69, 9.17) is 21.3 Å². The van der Waals surface area contributed by atoms with E-state index in [9.17, 15) is 9.59 Å². The molecule has 0 aliphatic rings. The molecule has 5 N–H and O–H groups in total. The van der Waals surface area contributed by atoms with Crippen molar-refractivity contribution in [3.63, 3.8) is 0 Å². The quantitative estimate of drug-likeness (QED) is 0.519. The van der Waals surface area contributed by atoms with Crippen LogP contribution in [0.3, 0.4) is 0 Å². The minimum Gasteiger partial charge on any atom is -0.480 e. The first kappa shape index (κ1) is 14.9. The van der Waals surface area contributed by atoms with E-state index in [1.54, 1.807) is 0 Å². The number of carbonyl (C=O) groups excluding carboxylic acids is 1. The lowest BCUT2D eigenvalue weighted by atomic mass is 10.0. The van der Waals surface area contributed by atoms with E-state index < -0.39 is 24.0 Å². The van der Waals surface area contributed by atoms with Gasteiger partial charge in [0.15, 0.2) is 0 Å². The molecular formula is C10H20N2O4. The van der Waals surface area contributed by atoms with Gasteiger partial charge in [0.1, 0.15) is 12.1 Å². The Labute approximate surface area is 94.9 Å². The highest BCUT2D eigenvalue weighted by Crippen LogP contribution is 2.06. The van der Waals surface area contributed by atoms with Crippen molar-refractivity contribution in [1.29, 1.82) is 0 Å². The molecule has 0 aliphatic heterocycles. The molecule has 0 bridgehead atoms. The van der Waals surface area contributed by atoms with Crippen LogP contribution in [0, 0.1) is 5.92 Å². The number of hydrogen-bond donors (Lipinski definition) is 3. The minimum absolute atomic E-state index is 0.0174. The first-order valence-corrected chi connectivity index (χ1v) is 5.30. The molecule has 0 saturated carbocycles. The number of ether oxygens (including phenoxy) is 1. The van der Waals surface area contributed by atoms with Crippen molar-refractivity contribution in [1.82, 2.24) is 0 Å². The lowest BCUT2D eigenvalue weighted by molar-refractivity contribution is -0.148. The largest absolute Gasteiger partial charge is 0.480 e. The van der Waals surface area contributed by atoms with Crippen LogP contribution in [-0.2, 0) is 14.3 Å². The Balaban J connectivity index is 3.85. The van der Waals surface area contributed by atoms with Crippen molar-refractivity contribution < 1.29 is 19.4 Å². The number of carboxylic acid groups (broad SMARTS) is 1. The molecule has 0 radical (unpaired) electrons. The van der Waals surface area contributed by atoms with Crippen LogP contribution < -0.4 is 11.5 Å². The van der Waals surface area contributed by atoms with Crippen LogP contribution in [0.4, 0.5) is 0 Å². The number of carboxylic acids is 1. The summed E-state index contributed by atoms with van der Waals surface area (Å²) in [6.07, 6.45) is 0.874. The number of rotatable bonds is 7. The summed E-state index contributed by atoms with van der Waals surface area (Å²) in [7, 11) is 0. The maximum absolute atomic E-state index is 11.4. The molecule has 0 amide bonds. The van der Waals surface area contributed by atoms with E-state index in [1.807, 2.05) is 13.8 Å². The summed E-state index contributed by atoms with van der Waals surface area (Å²) in [4.78, 5) is 21.7. The van der Waals surface area contributed by atoms with Crippen LogP contribution >= 0.6 is 0 Å². The number of esters is 1. The van der Waals surface area contributed by atoms with Crippen molar-refractivity contribution in [3.8, 4) is 0 Å². The molecule has 0 aromatic heterocycles. The van der Waals surface area contributed by atoms with Crippen LogP contribution in [-0.4, -0.2) is 35.7 Å². The summed E-state index contributed by atoms with van der Waals surface area (Å²) >= 11 is 0. The molecule has 0 fully saturated rings. The molecule has 0 saturated heterocycles. The molecule has 3 atom stereocenters. The molecule has 94 valence electrons. The van der Waals surface area contributed by atoms with E-state index in [2.05, 4.69) is 0 Å². The topological polar surface area (TPSA) is 116 Å². The second kappa shape index (κ2) is 7.19. The number of carbonyl (C=O) groups is 2. The Kier molecular flexibility index (Phi) is 6.67. The Hall–Kier alpha value is -1.14. The van der Waals surface area contributed by atoms with Gasteiger partial charge in [0, 0.05) is 6.42 Å². The zero-order valence-electron chi connectivity index (χ0n) is 9.68. The smallest absolute Gasteiger partial charge is 0.323 e. The fraction of sp³-hybridized carbons (Fsp3) is 0.800. The molecule has 0 aromatic carbocycles. The molecule has 6 nitrogen and oxygen atoms in total. The van der Waals surface area contributed by atoms with E-state index in [0.29, 0.717) is 0 Å². The summed E-state index contributed by atoms with van der Waals surface area (Å²) in [6.45, 7) is 3.77. The van der Waals surface area contributed by atoms with Crippen LogP contribution in [0.15, 0.2) is 0 Å². The number of aliphatic carboxylic acids is 1. The first-order chi connectivity index (χ1) is 7.40. The summed E-state index contributed by atoms with van der Waals surface area (Å²) in [5, 5.41) is 8.49.